The molecule has 1 N–H and O–H groups in total. The van der Waals surface area contributed by atoms with E-state index in [4.69, 9.17) is 14.5 Å². The van der Waals surface area contributed by atoms with E-state index in [1.54, 1.807) is 4.90 Å². The van der Waals surface area contributed by atoms with Crippen molar-refractivity contribution < 1.29 is 24.1 Å². The predicted octanol–water partition coefficient (Wildman–Crippen LogP) is 2.32. The van der Waals surface area contributed by atoms with Gasteiger partial charge in [-0.25, -0.2) is 23.2 Å². The zero-order valence-electron chi connectivity index (χ0n) is 22.8. The van der Waals surface area contributed by atoms with Crippen molar-refractivity contribution in [2.24, 2.45) is 0 Å². The van der Waals surface area contributed by atoms with Gasteiger partial charge in [0.2, 0.25) is 0 Å². The number of anilines is 3. The number of hydrogen-bond donors (Lipinski definition) is 1. The van der Waals surface area contributed by atoms with Crippen LogP contribution in [0.1, 0.15) is 45.1 Å². The minimum atomic E-state index is -3.00. The molecule has 0 aromatic carbocycles. The first kappa shape index (κ1) is 26.1. The van der Waals surface area contributed by atoms with E-state index in [0.29, 0.717) is 55.5 Å². The number of ether oxygens (including phenoxy) is 2. The molecule has 0 aliphatic carbocycles. The Morgan fingerprint density at radius 3 is 2.56 bits per heavy atom. The summed E-state index contributed by atoms with van der Waals surface area (Å²) in [6.45, 7) is 11.8. The SMILES string of the molecule is Cc1nc(C2CN(C3CN(C(=O)OC(C)(C)C)C3)C2)cc2c1OCc1c(ncnc1N1CCS(=O)(=O)CC1)N2.[HH]. The van der Waals surface area contributed by atoms with E-state index in [1.165, 1.54) is 6.33 Å². The van der Waals surface area contributed by atoms with Crippen molar-refractivity contribution in [3.8, 4) is 5.75 Å². The Morgan fingerprint density at radius 1 is 1.15 bits per heavy atom. The maximum Gasteiger partial charge on any atom is 0.410 e. The second-order valence-corrected chi connectivity index (χ2v) is 14.1. The number of fused-ring (bicyclic) bond motifs is 2. The number of aryl methyl sites for hydroxylation is 1. The van der Waals surface area contributed by atoms with E-state index < -0.39 is 15.4 Å². The lowest BCUT2D eigenvalue weighted by atomic mass is 9.91. The fourth-order valence-electron chi connectivity index (χ4n) is 5.44. The van der Waals surface area contributed by atoms with Crippen LogP contribution in [0.5, 0.6) is 5.75 Å². The molecule has 1 amide bonds. The first-order valence-corrected chi connectivity index (χ1v) is 15.2. The van der Waals surface area contributed by atoms with Gasteiger partial charge in [-0.2, -0.15) is 0 Å². The number of aromatic nitrogens is 3. The Labute approximate surface area is 230 Å². The molecule has 0 radical (unpaired) electrons. The lowest BCUT2D eigenvalue weighted by Crippen LogP contribution is -2.66. The summed E-state index contributed by atoms with van der Waals surface area (Å²) in [6, 6.07) is 2.39. The number of pyridine rings is 1. The van der Waals surface area contributed by atoms with Gasteiger partial charge in [-0.15, -0.1) is 0 Å². The molecule has 13 heteroatoms. The summed E-state index contributed by atoms with van der Waals surface area (Å²) in [5, 5.41) is 3.44. The zero-order valence-corrected chi connectivity index (χ0v) is 23.6. The van der Waals surface area contributed by atoms with E-state index in [-0.39, 0.29) is 25.6 Å². The average Bonchev–Trinajstić information content (AvgIpc) is 2.98. The number of amides is 1. The maximum atomic E-state index is 12.2. The minimum absolute atomic E-state index is 0. The second kappa shape index (κ2) is 9.47. The number of carbonyl (C=O) groups excluding carboxylic acids is 1. The standard InChI is InChI=1S/C26H35N7O5S.H2/c1-16-22-21(30-23-19(14-37-22)24(28-15-27-23)31-5-7-39(35,36)8-6-31)9-20(29-16)17-10-32(11-17)18-12-33(13-18)25(34)38-26(2,3)4;/h9,15,17-18H,5-8,10-14H2,1-4H3,(H,27,28,30);1H. The Morgan fingerprint density at radius 2 is 1.87 bits per heavy atom. The van der Waals surface area contributed by atoms with E-state index in [2.05, 4.69) is 20.2 Å². The van der Waals surface area contributed by atoms with E-state index in [1.807, 2.05) is 38.7 Å². The molecule has 3 saturated heterocycles. The van der Waals surface area contributed by atoms with Crippen LogP contribution in [0.25, 0.3) is 0 Å². The van der Waals surface area contributed by atoms with Gasteiger partial charge in [0.15, 0.2) is 15.6 Å². The number of hydrogen-bond acceptors (Lipinski definition) is 11. The summed E-state index contributed by atoms with van der Waals surface area (Å²) in [5.74, 6) is 2.58. The Hall–Kier alpha value is -3.19. The van der Waals surface area contributed by atoms with Crippen LogP contribution in [0.15, 0.2) is 12.4 Å². The molecule has 0 spiro atoms. The molecule has 4 aliphatic heterocycles. The summed E-state index contributed by atoms with van der Waals surface area (Å²) in [7, 11) is -3.00. The first-order chi connectivity index (χ1) is 18.5. The second-order valence-electron chi connectivity index (χ2n) is 11.8. The highest BCUT2D eigenvalue weighted by Gasteiger charge is 2.43. The molecule has 0 atom stereocenters. The molecule has 6 rings (SSSR count). The Bertz CT molecular complexity index is 1390. The van der Waals surface area contributed by atoms with E-state index >= 15 is 0 Å². The molecule has 0 unspecified atom stereocenters. The molecule has 0 saturated carbocycles. The zero-order chi connectivity index (χ0) is 27.5. The molecule has 39 heavy (non-hydrogen) atoms. The van der Waals surface area contributed by atoms with Gasteiger partial charge >= 0.3 is 6.09 Å². The molecule has 6 heterocycles. The van der Waals surface area contributed by atoms with Crippen molar-refractivity contribution in [3.05, 3.63) is 29.3 Å². The third-order valence-electron chi connectivity index (χ3n) is 7.70. The van der Waals surface area contributed by atoms with Crippen molar-refractivity contribution in [2.75, 3.05) is 61.0 Å². The normalized spacial score (nSPS) is 21.4. The van der Waals surface area contributed by atoms with Crippen LogP contribution in [0, 0.1) is 6.92 Å². The number of likely N-dealkylation sites (tertiary alicyclic amines) is 2. The van der Waals surface area contributed by atoms with Gasteiger partial charge < -0.3 is 24.6 Å². The molecule has 2 aromatic rings. The van der Waals surface area contributed by atoms with Crippen LogP contribution in [0.2, 0.25) is 0 Å². The molecule has 212 valence electrons. The lowest BCUT2D eigenvalue weighted by Gasteiger charge is -2.51. The highest BCUT2D eigenvalue weighted by Crippen LogP contribution is 2.40. The number of nitrogens with zero attached hydrogens (tertiary/aromatic N) is 6. The third-order valence-corrected chi connectivity index (χ3v) is 9.31. The minimum Gasteiger partial charge on any atom is -0.485 e. The van der Waals surface area contributed by atoms with Crippen LogP contribution in [0.4, 0.5) is 22.1 Å². The predicted molar refractivity (Wildman–Crippen MR) is 148 cm³/mol. The largest absolute Gasteiger partial charge is 0.485 e. The van der Waals surface area contributed by atoms with Crippen LogP contribution < -0.4 is 15.0 Å². The Kier molecular flexibility index (Phi) is 6.33. The topological polar surface area (TPSA) is 130 Å². The van der Waals surface area contributed by atoms with Crippen LogP contribution in [0.3, 0.4) is 0 Å². The van der Waals surface area contributed by atoms with Gasteiger partial charge in [0, 0.05) is 58.3 Å². The summed E-state index contributed by atoms with van der Waals surface area (Å²) in [5.41, 5.74) is 2.95. The van der Waals surface area contributed by atoms with E-state index in [9.17, 15) is 13.2 Å². The molecular weight excluding hydrogens is 522 g/mol. The van der Waals surface area contributed by atoms with Crippen molar-refractivity contribution in [1.29, 1.82) is 0 Å². The van der Waals surface area contributed by atoms with Crippen LogP contribution in [-0.4, -0.2) is 102 Å². The van der Waals surface area contributed by atoms with Crippen molar-refractivity contribution in [1.82, 2.24) is 24.8 Å². The summed E-state index contributed by atoms with van der Waals surface area (Å²) in [6.07, 6.45) is 1.26. The molecule has 4 aliphatic rings. The first-order valence-electron chi connectivity index (χ1n) is 13.4. The van der Waals surface area contributed by atoms with Gasteiger partial charge in [-0.1, -0.05) is 0 Å². The Balaban J connectivity index is 0.00000323. The quantitative estimate of drug-likeness (QED) is 0.595. The van der Waals surface area contributed by atoms with Crippen LogP contribution in [-0.2, 0) is 21.2 Å². The van der Waals surface area contributed by atoms with Crippen molar-refractivity contribution in [2.45, 2.75) is 51.9 Å². The fourth-order valence-corrected chi connectivity index (χ4v) is 6.64. The highest BCUT2D eigenvalue weighted by molar-refractivity contribution is 7.91. The monoisotopic (exact) mass is 559 g/mol. The smallest absolute Gasteiger partial charge is 0.410 e. The molecule has 3 fully saturated rings. The van der Waals surface area contributed by atoms with Gasteiger partial charge in [0.25, 0.3) is 0 Å². The summed E-state index contributed by atoms with van der Waals surface area (Å²) in [4.78, 5) is 32.2. The molecule has 0 bridgehead atoms. The molecule has 12 nitrogen and oxygen atoms in total. The molecule has 2 aromatic heterocycles. The number of rotatable bonds is 3. The number of sulfone groups is 1. The lowest BCUT2D eigenvalue weighted by molar-refractivity contribution is -0.0342. The fraction of sp³-hybridized carbons (Fsp3) is 0.615. The molecular formula is C26H37N7O5S. The van der Waals surface area contributed by atoms with Crippen molar-refractivity contribution >= 4 is 33.3 Å². The summed E-state index contributed by atoms with van der Waals surface area (Å²) >= 11 is 0. The van der Waals surface area contributed by atoms with Gasteiger partial charge in [-0.05, 0) is 33.8 Å². The average molecular weight is 560 g/mol. The van der Waals surface area contributed by atoms with Crippen molar-refractivity contribution in [3.63, 3.8) is 0 Å². The highest BCUT2D eigenvalue weighted by atomic mass is 32.2. The van der Waals surface area contributed by atoms with Gasteiger partial charge in [0.05, 0.1) is 28.5 Å². The summed E-state index contributed by atoms with van der Waals surface area (Å²) < 4.78 is 35.5. The van der Waals surface area contributed by atoms with Crippen LogP contribution >= 0.6 is 0 Å². The van der Waals surface area contributed by atoms with E-state index in [0.717, 1.165) is 35.7 Å². The maximum absolute atomic E-state index is 12.2. The van der Waals surface area contributed by atoms with Gasteiger partial charge in [0.1, 0.15) is 30.2 Å². The number of carbonyl (C=O) groups is 1. The third kappa shape index (κ3) is 5.21. The van der Waals surface area contributed by atoms with Gasteiger partial charge in [-0.3, -0.25) is 9.88 Å². The number of nitrogens with one attached hydrogen (secondary N) is 1.